The monoisotopic (exact) mass is 800 g/mol. The first-order valence-corrected chi connectivity index (χ1v) is 18.5. The Morgan fingerprint density at radius 3 is 2.33 bits per heavy atom. The van der Waals surface area contributed by atoms with Crippen molar-refractivity contribution in [1.82, 2.24) is 9.97 Å². The molecular weight excluding hydrogens is 764 g/mol. The van der Waals surface area contributed by atoms with Crippen molar-refractivity contribution in [3.05, 3.63) is 139 Å². The van der Waals surface area contributed by atoms with Crippen LogP contribution in [0.25, 0.3) is 55.6 Å². The van der Waals surface area contributed by atoms with Crippen LogP contribution in [0.3, 0.4) is 0 Å². The van der Waals surface area contributed by atoms with Crippen LogP contribution >= 0.6 is 0 Å². The Kier molecular flexibility index (Phi) is 9.69. The Morgan fingerprint density at radius 1 is 0.826 bits per heavy atom. The summed E-state index contributed by atoms with van der Waals surface area (Å²) in [4.78, 5) is 9.10. The summed E-state index contributed by atoms with van der Waals surface area (Å²) in [5, 5.41) is 2.58. The number of nitrogens with zero attached hydrogens (tertiary/aromatic N) is 2. The molecule has 233 valence electrons. The molecule has 1 radical (unpaired) electrons. The van der Waals surface area contributed by atoms with Gasteiger partial charge < -0.3 is 14.4 Å². The number of aromatic nitrogens is 2. The van der Waals surface area contributed by atoms with Crippen LogP contribution in [0.5, 0.6) is 0 Å². The Hall–Kier alpha value is -4.22. The summed E-state index contributed by atoms with van der Waals surface area (Å²) in [5.74, 6) is -1.04. The van der Waals surface area contributed by atoms with Gasteiger partial charge in [-0.25, -0.2) is 4.39 Å². The molecular formula is C40H35FIrN2OSi-2. The van der Waals surface area contributed by atoms with Crippen LogP contribution in [-0.4, -0.2) is 18.0 Å². The van der Waals surface area contributed by atoms with Gasteiger partial charge in [-0.3, -0.25) is 0 Å². The number of fused-ring (bicyclic) bond motifs is 3. The molecule has 7 rings (SSSR count). The predicted molar refractivity (Wildman–Crippen MR) is 187 cm³/mol. The average molecular weight is 800 g/mol. The molecule has 3 heterocycles. The molecule has 0 fully saturated rings. The minimum Gasteiger partial charge on any atom is -0.500 e. The summed E-state index contributed by atoms with van der Waals surface area (Å²) < 4.78 is 28.3. The first-order chi connectivity index (χ1) is 22.0. The summed E-state index contributed by atoms with van der Waals surface area (Å²) in [6.07, 6.45) is 3.75. The normalized spacial score (nSPS) is 11.8. The third-order valence-electron chi connectivity index (χ3n) is 7.78. The largest absolute Gasteiger partial charge is 0.500 e. The smallest absolute Gasteiger partial charge is 0.133 e. The maximum absolute atomic E-state index is 14.2. The fraction of sp³-hybridized carbons (Fsp3) is 0.150. The van der Waals surface area contributed by atoms with E-state index in [2.05, 4.69) is 85.4 Å². The van der Waals surface area contributed by atoms with Gasteiger partial charge in [-0.05, 0) is 51.8 Å². The molecule has 0 saturated heterocycles. The van der Waals surface area contributed by atoms with Crippen molar-refractivity contribution < 1.29 is 30.3 Å². The van der Waals surface area contributed by atoms with Gasteiger partial charge in [-0.15, -0.1) is 54.1 Å². The molecule has 0 aliphatic rings. The molecule has 0 aliphatic heterocycles. The number of rotatable bonds is 5. The molecule has 0 unspecified atom stereocenters. The maximum Gasteiger partial charge on any atom is 0.133 e. The molecule has 0 aliphatic carbocycles. The van der Waals surface area contributed by atoms with Crippen LogP contribution in [0.2, 0.25) is 19.6 Å². The zero-order chi connectivity index (χ0) is 32.5. The third kappa shape index (κ3) is 6.95. The standard InChI is InChI=1S/C20H15FNO.C20H20NSi.Ir/c1-12(2)13-9-10-22-17(11-13)14-5-3-6-15-19-16(21)7-4-8-18(19)23-20(14)15;1-22(2,3)20-15-21-19(17-12-8-5-9-13-17)14-18(20)16-10-6-4-7-11-16;/h3-4,6-12H,1-2H3;4-12,14-15H,1-3H3;/q2*-1;/i12D;;. The second-order valence-electron chi connectivity index (χ2n) is 12.2. The molecule has 0 spiro atoms. The molecule has 4 aromatic carbocycles. The number of furan rings is 1. The minimum absolute atomic E-state index is 0. The third-order valence-corrected chi connectivity index (χ3v) is 9.80. The first kappa shape index (κ1) is 31.7. The van der Waals surface area contributed by atoms with Crippen molar-refractivity contribution in [2.45, 2.75) is 39.4 Å². The fourth-order valence-corrected chi connectivity index (χ4v) is 6.90. The van der Waals surface area contributed by atoms with Crippen molar-refractivity contribution in [2.24, 2.45) is 0 Å². The molecule has 0 atom stereocenters. The van der Waals surface area contributed by atoms with Crippen LogP contribution in [0.1, 0.15) is 26.7 Å². The number of hydrogen-bond donors (Lipinski definition) is 0. The second-order valence-corrected chi connectivity index (χ2v) is 17.3. The molecule has 3 aromatic heterocycles. The number of hydrogen-bond acceptors (Lipinski definition) is 3. The fourth-order valence-electron chi connectivity index (χ4n) is 5.43. The van der Waals surface area contributed by atoms with Gasteiger partial charge in [-0.2, -0.15) is 0 Å². The predicted octanol–water partition coefficient (Wildman–Crippen LogP) is 10.5. The first-order valence-electron chi connectivity index (χ1n) is 15.5. The van der Waals surface area contributed by atoms with Gasteiger partial charge >= 0.3 is 0 Å². The van der Waals surface area contributed by atoms with Crippen LogP contribution in [0.15, 0.2) is 120 Å². The van der Waals surface area contributed by atoms with Gasteiger partial charge in [-0.1, -0.05) is 98.5 Å². The molecule has 0 N–H and O–H groups in total. The van der Waals surface area contributed by atoms with Crippen LogP contribution < -0.4 is 5.19 Å². The van der Waals surface area contributed by atoms with E-state index >= 15 is 0 Å². The summed E-state index contributed by atoms with van der Waals surface area (Å²) in [5.41, 5.74) is 7.85. The van der Waals surface area contributed by atoms with Crippen molar-refractivity contribution in [2.75, 3.05) is 0 Å². The molecule has 46 heavy (non-hydrogen) atoms. The molecule has 0 saturated carbocycles. The molecule has 6 heteroatoms. The number of pyridine rings is 2. The van der Waals surface area contributed by atoms with E-state index < -0.39 is 14.0 Å². The average Bonchev–Trinajstić information content (AvgIpc) is 3.45. The Morgan fingerprint density at radius 2 is 1.61 bits per heavy atom. The van der Waals surface area contributed by atoms with E-state index in [0.29, 0.717) is 33.2 Å². The zero-order valence-electron chi connectivity index (χ0n) is 27.5. The maximum atomic E-state index is 14.2. The summed E-state index contributed by atoms with van der Waals surface area (Å²) >= 11 is 0. The SMILES string of the molecule is C[Si](C)(C)c1cnc(-c2[c-]cccc2)cc1-c1ccccc1.[2H]C(C)(C)c1ccnc(-c2[c-]ccc3c2oc2cccc(F)c23)c1.[Ir]. The minimum atomic E-state index is -1.46. The topological polar surface area (TPSA) is 38.9 Å². The van der Waals surface area contributed by atoms with E-state index in [1.165, 1.54) is 22.4 Å². The van der Waals surface area contributed by atoms with E-state index in [-0.39, 0.29) is 25.9 Å². The van der Waals surface area contributed by atoms with Gasteiger partial charge in [0.15, 0.2) is 0 Å². The number of halogens is 1. The van der Waals surface area contributed by atoms with Gasteiger partial charge in [0, 0.05) is 39.3 Å². The van der Waals surface area contributed by atoms with E-state index in [1.54, 1.807) is 30.5 Å². The number of benzene rings is 4. The van der Waals surface area contributed by atoms with Crippen molar-refractivity contribution in [3.8, 4) is 33.6 Å². The zero-order valence-corrected chi connectivity index (χ0v) is 29.9. The van der Waals surface area contributed by atoms with Gasteiger partial charge in [0.05, 0.1) is 13.7 Å². The van der Waals surface area contributed by atoms with E-state index in [9.17, 15) is 4.39 Å². The Bertz CT molecular complexity index is 2140. The molecule has 0 bridgehead atoms. The molecule has 3 nitrogen and oxygen atoms in total. The van der Waals surface area contributed by atoms with Crippen LogP contribution in [0.4, 0.5) is 4.39 Å². The van der Waals surface area contributed by atoms with E-state index in [0.717, 1.165) is 16.8 Å². The van der Waals surface area contributed by atoms with E-state index in [4.69, 9.17) is 10.8 Å². The van der Waals surface area contributed by atoms with Crippen LogP contribution in [-0.2, 0) is 20.1 Å². The van der Waals surface area contributed by atoms with Crippen molar-refractivity contribution in [3.63, 3.8) is 0 Å². The van der Waals surface area contributed by atoms with Crippen molar-refractivity contribution >= 4 is 35.2 Å². The second kappa shape index (κ2) is 14.0. The van der Waals surface area contributed by atoms with Gasteiger partial charge in [0.25, 0.3) is 0 Å². The molecule has 7 aromatic rings. The van der Waals surface area contributed by atoms with Gasteiger partial charge in [0.2, 0.25) is 0 Å². The summed E-state index contributed by atoms with van der Waals surface area (Å²) in [6, 6.07) is 39.3. The van der Waals surface area contributed by atoms with Gasteiger partial charge in [0.1, 0.15) is 11.4 Å². The Balaban J connectivity index is 0.000000181. The summed E-state index contributed by atoms with van der Waals surface area (Å²) in [7, 11) is -1.46. The summed E-state index contributed by atoms with van der Waals surface area (Å²) in [6.45, 7) is 10.8. The van der Waals surface area contributed by atoms with E-state index in [1.807, 2.05) is 44.2 Å². The van der Waals surface area contributed by atoms with Crippen molar-refractivity contribution in [1.29, 1.82) is 0 Å². The Labute approximate surface area is 286 Å². The molecule has 0 amide bonds. The van der Waals surface area contributed by atoms with Crippen LogP contribution in [0, 0.1) is 17.9 Å². The quantitative estimate of drug-likeness (QED) is 0.129.